The van der Waals surface area contributed by atoms with Crippen molar-refractivity contribution < 1.29 is 9.53 Å². The van der Waals surface area contributed by atoms with Crippen LogP contribution in [0, 0.1) is 0 Å². The molecule has 1 fully saturated rings. The van der Waals surface area contributed by atoms with E-state index in [1.807, 2.05) is 11.8 Å². The van der Waals surface area contributed by atoms with E-state index in [-0.39, 0.29) is 11.5 Å². The van der Waals surface area contributed by atoms with Gasteiger partial charge in [-0.3, -0.25) is 4.90 Å². The third-order valence-electron chi connectivity index (χ3n) is 4.51. The molecule has 0 atom stereocenters. The van der Waals surface area contributed by atoms with Crippen LogP contribution in [-0.4, -0.2) is 55.2 Å². The number of benzene rings is 1. The Morgan fingerprint density at radius 1 is 1.14 bits per heavy atom. The van der Waals surface area contributed by atoms with E-state index >= 15 is 0 Å². The van der Waals surface area contributed by atoms with E-state index in [1.165, 1.54) is 5.56 Å². The van der Waals surface area contributed by atoms with Crippen LogP contribution in [0.15, 0.2) is 30.3 Å². The Morgan fingerprint density at radius 2 is 1.77 bits per heavy atom. The first kappa shape index (κ1) is 16.8. The second-order valence-corrected chi connectivity index (χ2v) is 6.53. The summed E-state index contributed by atoms with van der Waals surface area (Å²) in [4.78, 5) is 15.9. The summed E-state index contributed by atoms with van der Waals surface area (Å²) in [5.74, 6) is 0. The molecule has 22 heavy (non-hydrogen) atoms. The van der Waals surface area contributed by atoms with E-state index in [0.717, 1.165) is 39.1 Å². The number of nitrogens with zero attached hydrogens (tertiary/aromatic N) is 2. The highest BCUT2D eigenvalue weighted by atomic mass is 16.6. The number of piperazine rings is 1. The van der Waals surface area contributed by atoms with Gasteiger partial charge in [-0.2, -0.15) is 0 Å². The van der Waals surface area contributed by atoms with Gasteiger partial charge in [-0.25, -0.2) is 4.79 Å². The van der Waals surface area contributed by atoms with Crippen LogP contribution in [0.4, 0.5) is 4.79 Å². The van der Waals surface area contributed by atoms with Crippen LogP contribution >= 0.6 is 0 Å². The molecular weight excluding hydrogens is 276 g/mol. The highest BCUT2D eigenvalue weighted by Gasteiger charge is 2.25. The smallest absolute Gasteiger partial charge is 0.409 e. The molecule has 1 aromatic rings. The average Bonchev–Trinajstić information content (AvgIpc) is 2.54. The van der Waals surface area contributed by atoms with Crippen LogP contribution in [0.2, 0.25) is 0 Å². The highest BCUT2D eigenvalue weighted by Crippen LogP contribution is 2.27. The lowest BCUT2D eigenvalue weighted by molar-refractivity contribution is 0.0778. The molecule has 4 heteroatoms. The van der Waals surface area contributed by atoms with Gasteiger partial charge in [-0.15, -0.1) is 0 Å². The molecule has 0 N–H and O–H groups in total. The maximum atomic E-state index is 11.7. The lowest BCUT2D eigenvalue weighted by Gasteiger charge is -2.36. The lowest BCUT2D eigenvalue weighted by atomic mass is 9.81. The van der Waals surface area contributed by atoms with Gasteiger partial charge < -0.3 is 9.64 Å². The highest BCUT2D eigenvalue weighted by molar-refractivity contribution is 5.67. The number of carbonyl (C=O) groups is 1. The molecule has 0 aromatic heterocycles. The molecule has 0 radical (unpaired) electrons. The normalized spacial score (nSPS) is 16.6. The van der Waals surface area contributed by atoms with Crippen molar-refractivity contribution in [3.05, 3.63) is 35.9 Å². The second-order valence-electron chi connectivity index (χ2n) is 6.53. The Hall–Kier alpha value is -1.55. The molecule has 1 saturated heterocycles. The van der Waals surface area contributed by atoms with Crippen LogP contribution in [0.5, 0.6) is 0 Å². The third kappa shape index (κ3) is 4.47. The minimum Gasteiger partial charge on any atom is -0.450 e. The molecule has 1 aliphatic heterocycles. The van der Waals surface area contributed by atoms with Crippen molar-refractivity contribution in [2.24, 2.45) is 0 Å². The molecule has 2 rings (SSSR count). The SMILES string of the molecule is CCOC(=O)N1CCN(CCC(C)(C)c2ccccc2)CC1. The first-order valence-electron chi connectivity index (χ1n) is 8.22. The van der Waals surface area contributed by atoms with Crippen LogP contribution in [0.3, 0.4) is 0 Å². The molecule has 0 aliphatic carbocycles. The average molecular weight is 304 g/mol. The van der Waals surface area contributed by atoms with Gasteiger partial charge in [0.05, 0.1) is 6.61 Å². The number of amides is 1. The third-order valence-corrected chi connectivity index (χ3v) is 4.51. The molecule has 0 unspecified atom stereocenters. The van der Waals surface area contributed by atoms with Gasteiger partial charge in [-0.05, 0) is 30.9 Å². The second kappa shape index (κ2) is 7.63. The summed E-state index contributed by atoms with van der Waals surface area (Å²) >= 11 is 0. The fraction of sp³-hybridized carbons (Fsp3) is 0.611. The quantitative estimate of drug-likeness (QED) is 0.838. The van der Waals surface area contributed by atoms with Gasteiger partial charge in [0.25, 0.3) is 0 Å². The molecular formula is C18H28N2O2. The molecule has 4 nitrogen and oxygen atoms in total. The van der Waals surface area contributed by atoms with Gasteiger partial charge in [-0.1, -0.05) is 44.2 Å². The van der Waals surface area contributed by atoms with E-state index < -0.39 is 0 Å². The van der Waals surface area contributed by atoms with Crippen LogP contribution in [0.1, 0.15) is 32.8 Å². The first-order chi connectivity index (χ1) is 10.5. The van der Waals surface area contributed by atoms with Gasteiger partial charge in [0, 0.05) is 26.2 Å². The Balaban J connectivity index is 1.78. The van der Waals surface area contributed by atoms with Gasteiger partial charge in [0.2, 0.25) is 0 Å². The number of hydrogen-bond acceptors (Lipinski definition) is 3. The van der Waals surface area contributed by atoms with E-state index in [4.69, 9.17) is 4.74 Å². The first-order valence-corrected chi connectivity index (χ1v) is 8.22. The summed E-state index contributed by atoms with van der Waals surface area (Å²) in [5, 5.41) is 0. The Bertz CT molecular complexity index is 465. The fourth-order valence-corrected chi connectivity index (χ4v) is 2.84. The predicted octanol–water partition coefficient (Wildman–Crippen LogP) is 3.13. The van der Waals surface area contributed by atoms with Crippen LogP contribution in [0.25, 0.3) is 0 Å². The molecule has 0 saturated carbocycles. The van der Waals surface area contributed by atoms with Crippen molar-refractivity contribution in [1.82, 2.24) is 9.80 Å². The largest absolute Gasteiger partial charge is 0.450 e. The number of hydrogen-bond donors (Lipinski definition) is 0. The van der Waals surface area contributed by atoms with E-state index in [0.29, 0.717) is 6.61 Å². The monoisotopic (exact) mass is 304 g/mol. The summed E-state index contributed by atoms with van der Waals surface area (Å²) in [6.45, 7) is 11.4. The number of rotatable bonds is 5. The minimum absolute atomic E-state index is 0.174. The summed E-state index contributed by atoms with van der Waals surface area (Å²) in [6.07, 6.45) is 0.947. The number of ether oxygens (including phenoxy) is 1. The molecule has 1 aliphatic rings. The van der Waals surface area contributed by atoms with E-state index in [9.17, 15) is 4.79 Å². The summed E-state index contributed by atoms with van der Waals surface area (Å²) in [7, 11) is 0. The molecule has 0 spiro atoms. The van der Waals surface area contributed by atoms with Gasteiger partial charge >= 0.3 is 6.09 Å². The Morgan fingerprint density at radius 3 is 2.36 bits per heavy atom. The summed E-state index contributed by atoms with van der Waals surface area (Å²) in [5.41, 5.74) is 1.57. The van der Waals surface area contributed by atoms with Crippen LogP contribution < -0.4 is 0 Å². The molecule has 1 amide bonds. The predicted molar refractivity (Wildman–Crippen MR) is 89.1 cm³/mol. The lowest BCUT2D eigenvalue weighted by Crippen LogP contribution is -2.49. The maximum absolute atomic E-state index is 11.7. The number of carbonyl (C=O) groups excluding carboxylic acids is 1. The summed E-state index contributed by atoms with van der Waals surface area (Å²) in [6, 6.07) is 10.7. The van der Waals surface area contributed by atoms with Crippen molar-refractivity contribution in [1.29, 1.82) is 0 Å². The van der Waals surface area contributed by atoms with Gasteiger partial charge in [0.15, 0.2) is 0 Å². The summed E-state index contributed by atoms with van der Waals surface area (Å²) < 4.78 is 5.06. The molecule has 1 heterocycles. The molecule has 0 bridgehead atoms. The molecule has 122 valence electrons. The zero-order valence-electron chi connectivity index (χ0n) is 14.0. The van der Waals surface area contributed by atoms with Crippen molar-refractivity contribution in [3.63, 3.8) is 0 Å². The zero-order valence-corrected chi connectivity index (χ0v) is 14.0. The standard InChI is InChI=1S/C18H28N2O2/c1-4-22-17(21)20-14-12-19(13-15-20)11-10-18(2,3)16-8-6-5-7-9-16/h5-9H,4,10-15H2,1-3H3. The fourth-order valence-electron chi connectivity index (χ4n) is 2.84. The van der Waals surface area contributed by atoms with Crippen molar-refractivity contribution in [2.45, 2.75) is 32.6 Å². The van der Waals surface area contributed by atoms with Crippen molar-refractivity contribution in [3.8, 4) is 0 Å². The van der Waals surface area contributed by atoms with Crippen LogP contribution in [-0.2, 0) is 10.2 Å². The van der Waals surface area contributed by atoms with E-state index in [1.54, 1.807) is 0 Å². The van der Waals surface area contributed by atoms with E-state index in [2.05, 4.69) is 49.1 Å². The Kier molecular flexibility index (Phi) is 5.83. The topological polar surface area (TPSA) is 32.8 Å². The zero-order chi connectivity index (χ0) is 16.0. The Labute approximate surface area is 134 Å². The maximum Gasteiger partial charge on any atom is 0.409 e. The van der Waals surface area contributed by atoms with Gasteiger partial charge in [0.1, 0.15) is 0 Å². The molecule has 1 aromatic carbocycles. The minimum atomic E-state index is -0.174. The van der Waals surface area contributed by atoms with Crippen molar-refractivity contribution in [2.75, 3.05) is 39.3 Å². The van der Waals surface area contributed by atoms with Crippen molar-refractivity contribution >= 4 is 6.09 Å².